The molecular formula is C21H23ClFN3O2S2. The average Bonchev–Trinajstić information content (AvgIpc) is 3.19. The van der Waals surface area contributed by atoms with Crippen molar-refractivity contribution < 1.29 is 13.9 Å². The maximum absolute atomic E-state index is 13.3. The average molecular weight is 468 g/mol. The minimum atomic E-state index is -0.356. The summed E-state index contributed by atoms with van der Waals surface area (Å²) in [5.74, 6) is -0.519. The van der Waals surface area contributed by atoms with Gasteiger partial charge in [-0.05, 0) is 42.7 Å². The van der Waals surface area contributed by atoms with Crippen LogP contribution < -0.4 is 4.90 Å². The molecule has 0 saturated carbocycles. The van der Waals surface area contributed by atoms with Crippen LogP contribution in [0.3, 0.4) is 0 Å². The first-order valence-corrected chi connectivity index (χ1v) is 11.5. The number of halogens is 2. The first-order valence-electron chi connectivity index (χ1n) is 9.47. The Morgan fingerprint density at radius 2 is 1.97 bits per heavy atom. The zero-order chi connectivity index (χ0) is 20.2. The van der Waals surface area contributed by atoms with E-state index in [0.29, 0.717) is 30.5 Å². The molecule has 0 atom stereocenters. The molecule has 1 fully saturated rings. The van der Waals surface area contributed by atoms with Crippen LogP contribution in [-0.4, -0.2) is 61.4 Å². The lowest BCUT2D eigenvalue weighted by Crippen LogP contribution is -2.43. The Hall–Kier alpha value is -1.71. The van der Waals surface area contributed by atoms with E-state index in [1.165, 1.54) is 35.6 Å². The second-order valence-corrected chi connectivity index (χ2v) is 8.58. The standard InChI is InChI=1S/C21H22FN3O2S2.ClH/c1-28-17-3-2-4-18-19(17)23-21(29-18)25(10-9-24-11-13-27-14-12-24)20(26)15-5-7-16(22)8-6-15;/h2-8H,9-14H2,1H3;1H. The lowest BCUT2D eigenvalue weighted by molar-refractivity contribution is 0.0391. The summed E-state index contributed by atoms with van der Waals surface area (Å²) in [6, 6.07) is 11.8. The molecule has 0 aliphatic carbocycles. The number of benzene rings is 2. The van der Waals surface area contributed by atoms with Gasteiger partial charge in [0, 0.05) is 36.6 Å². The van der Waals surface area contributed by atoms with E-state index in [2.05, 4.69) is 4.90 Å². The molecule has 0 bridgehead atoms. The van der Waals surface area contributed by atoms with Gasteiger partial charge >= 0.3 is 0 Å². The van der Waals surface area contributed by atoms with Gasteiger partial charge in [-0.1, -0.05) is 17.4 Å². The summed E-state index contributed by atoms with van der Waals surface area (Å²) in [7, 11) is 0. The highest BCUT2D eigenvalue weighted by Crippen LogP contribution is 2.34. The van der Waals surface area contributed by atoms with Crippen LogP contribution in [0.25, 0.3) is 10.2 Å². The van der Waals surface area contributed by atoms with Crippen molar-refractivity contribution in [3.05, 3.63) is 53.8 Å². The van der Waals surface area contributed by atoms with E-state index in [1.54, 1.807) is 16.7 Å². The topological polar surface area (TPSA) is 45.7 Å². The Morgan fingerprint density at radius 1 is 1.23 bits per heavy atom. The van der Waals surface area contributed by atoms with Crippen LogP contribution in [0.15, 0.2) is 47.4 Å². The first kappa shape index (κ1) is 23.0. The van der Waals surface area contributed by atoms with Crippen LogP contribution in [0.2, 0.25) is 0 Å². The van der Waals surface area contributed by atoms with Crippen LogP contribution in [0.5, 0.6) is 0 Å². The van der Waals surface area contributed by atoms with Crippen molar-refractivity contribution in [1.29, 1.82) is 0 Å². The van der Waals surface area contributed by atoms with Crippen LogP contribution in [0, 0.1) is 5.82 Å². The number of para-hydroxylation sites is 1. The molecule has 2 heterocycles. The van der Waals surface area contributed by atoms with Crippen molar-refractivity contribution in [2.75, 3.05) is 50.5 Å². The van der Waals surface area contributed by atoms with Crippen molar-refractivity contribution >= 4 is 56.8 Å². The number of thiazole rings is 1. The molecule has 3 aromatic rings. The van der Waals surface area contributed by atoms with Crippen LogP contribution >= 0.6 is 35.5 Å². The molecule has 2 aromatic carbocycles. The van der Waals surface area contributed by atoms with Crippen LogP contribution in [0.4, 0.5) is 9.52 Å². The summed E-state index contributed by atoms with van der Waals surface area (Å²) >= 11 is 3.15. The highest BCUT2D eigenvalue weighted by molar-refractivity contribution is 7.98. The number of aromatic nitrogens is 1. The summed E-state index contributed by atoms with van der Waals surface area (Å²) < 4.78 is 19.8. The Bertz CT molecular complexity index is 994. The van der Waals surface area contributed by atoms with E-state index in [0.717, 1.165) is 34.7 Å². The molecule has 0 radical (unpaired) electrons. The molecule has 30 heavy (non-hydrogen) atoms. The number of carbonyl (C=O) groups excluding carboxylic acids is 1. The molecule has 9 heteroatoms. The Morgan fingerprint density at radius 3 is 2.67 bits per heavy atom. The SMILES string of the molecule is CSc1cccc2sc(N(CCN3CCOCC3)C(=O)c3ccc(F)cc3)nc12.Cl. The number of fused-ring (bicyclic) bond motifs is 1. The molecule has 1 aliphatic heterocycles. The van der Waals surface area contributed by atoms with Crippen molar-refractivity contribution in [3.8, 4) is 0 Å². The molecule has 0 unspecified atom stereocenters. The molecule has 1 saturated heterocycles. The largest absolute Gasteiger partial charge is 0.379 e. The van der Waals surface area contributed by atoms with Gasteiger partial charge in [-0.25, -0.2) is 9.37 Å². The summed E-state index contributed by atoms with van der Waals surface area (Å²) in [5, 5.41) is 0.670. The summed E-state index contributed by atoms with van der Waals surface area (Å²) in [6.45, 7) is 4.39. The molecule has 1 aromatic heterocycles. The molecular weight excluding hydrogens is 445 g/mol. The second kappa shape index (κ2) is 10.5. The zero-order valence-electron chi connectivity index (χ0n) is 16.5. The number of thioether (sulfide) groups is 1. The van der Waals surface area contributed by atoms with Gasteiger partial charge in [0.15, 0.2) is 5.13 Å². The van der Waals surface area contributed by atoms with Gasteiger partial charge in [-0.3, -0.25) is 14.6 Å². The highest BCUT2D eigenvalue weighted by Gasteiger charge is 2.23. The van der Waals surface area contributed by atoms with E-state index >= 15 is 0 Å². The van der Waals surface area contributed by atoms with Crippen molar-refractivity contribution in [2.24, 2.45) is 0 Å². The number of rotatable bonds is 6. The monoisotopic (exact) mass is 467 g/mol. The number of nitrogens with zero attached hydrogens (tertiary/aromatic N) is 3. The Labute approximate surface area is 189 Å². The number of hydrogen-bond donors (Lipinski definition) is 0. The molecule has 0 spiro atoms. The molecule has 5 nitrogen and oxygen atoms in total. The van der Waals surface area contributed by atoms with Gasteiger partial charge in [0.25, 0.3) is 5.91 Å². The Kier molecular flexibility index (Phi) is 8.07. The summed E-state index contributed by atoms with van der Waals surface area (Å²) in [4.78, 5) is 23.2. The molecule has 1 amide bonds. The lowest BCUT2D eigenvalue weighted by atomic mass is 10.2. The number of hydrogen-bond acceptors (Lipinski definition) is 6. The number of carbonyl (C=O) groups is 1. The number of morpholine rings is 1. The molecule has 4 rings (SSSR count). The zero-order valence-corrected chi connectivity index (χ0v) is 19.0. The van der Waals surface area contributed by atoms with Crippen LogP contribution in [0.1, 0.15) is 10.4 Å². The van der Waals surface area contributed by atoms with E-state index < -0.39 is 0 Å². The van der Waals surface area contributed by atoms with Crippen LogP contribution in [-0.2, 0) is 4.74 Å². The van der Waals surface area contributed by atoms with Crippen molar-refractivity contribution in [3.63, 3.8) is 0 Å². The second-order valence-electron chi connectivity index (χ2n) is 6.72. The van der Waals surface area contributed by atoms with Gasteiger partial charge in [-0.15, -0.1) is 24.2 Å². The van der Waals surface area contributed by atoms with Gasteiger partial charge in [0.2, 0.25) is 0 Å². The van der Waals surface area contributed by atoms with Crippen molar-refractivity contribution in [2.45, 2.75) is 4.90 Å². The minimum absolute atomic E-state index is 0. The molecule has 160 valence electrons. The number of anilines is 1. The van der Waals surface area contributed by atoms with Crippen molar-refractivity contribution in [1.82, 2.24) is 9.88 Å². The summed E-state index contributed by atoms with van der Waals surface area (Å²) in [5.41, 5.74) is 1.38. The fourth-order valence-electron chi connectivity index (χ4n) is 3.29. The predicted octanol–water partition coefficient (Wildman–Crippen LogP) is 4.56. The normalized spacial score (nSPS) is 14.5. The quantitative estimate of drug-likeness (QED) is 0.497. The van der Waals surface area contributed by atoms with E-state index in [9.17, 15) is 9.18 Å². The number of amides is 1. The third-order valence-electron chi connectivity index (χ3n) is 4.90. The smallest absolute Gasteiger partial charge is 0.260 e. The van der Waals surface area contributed by atoms with Gasteiger partial charge in [0.05, 0.1) is 23.4 Å². The van der Waals surface area contributed by atoms with E-state index in [1.807, 2.05) is 24.5 Å². The maximum Gasteiger partial charge on any atom is 0.260 e. The fourth-order valence-corrected chi connectivity index (χ4v) is 4.94. The maximum atomic E-state index is 13.3. The van der Waals surface area contributed by atoms with E-state index in [4.69, 9.17) is 9.72 Å². The predicted molar refractivity (Wildman–Crippen MR) is 124 cm³/mol. The lowest BCUT2D eigenvalue weighted by Gasteiger charge is -2.29. The molecule has 1 aliphatic rings. The number of ether oxygens (including phenoxy) is 1. The van der Waals surface area contributed by atoms with Gasteiger partial charge in [0.1, 0.15) is 5.82 Å². The first-order chi connectivity index (χ1) is 14.2. The highest BCUT2D eigenvalue weighted by atomic mass is 35.5. The third-order valence-corrected chi connectivity index (χ3v) is 6.71. The minimum Gasteiger partial charge on any atom is -0.379 e. The van der Waals surface area contributed by atoms with Gasteiger partial charge < -0.3 is 4.74 Å². The van der Waals surface area contributed by atoms with Gasteiger partial charge in [-0.2, -0.15) is 0 Å². The third kappa shape index (κ3) is 5.12. The summed E-state index contributed by atoms with van der Waals surface area (Å²) in [6.07, 6.45) is 2.02. The van der Waals surface area contributed by atoms with E-state index in [-0.39, 0.29) is 24.1 Å². The molecule has 0 N–H and O–H groups in total. The Balaban J connectivity index is 0.00000256. The fraction of sp³-hybridized carbons (Fsp3) is 0.333.